The molecule has 0 radical (unpaired) electrons. The van der Waals surface area contributed by atoms with Crippen molar-refractivity contribution in [2.24, 2.45) is 5.92 Å². The van der Waals surface area contributed by atoms with Crippen LogP contribution in [0.2, 0.25) is 0 Å². The van der Waals surface area contributed by atoms with Crippen LogP contribution in [0.15, 0.2) is 12.3 Å². The van der Waals surface area contributed by atoms with E-state index in [4.69, 9.17) is 0 Å². The molecule has 4 rings (SSSR count). The standard InChI is InChI=1S/C21H23F5N6OS/c1-10-15(18-31-16-11(2)27-6-5-14(16)34-18)17(30-13-4-3-12(7-13)8-33)32-19(29-10)28-9-20(22,23)21(24,25)26/h5-6,12-13,33H,3-4,7-9H2,1-2H3,(H2,28,29,30,32). The monoisotopic (exact) mass is 502 g/mol. The van der Waals surface area contributed by atoms with Gasteiger partial charge in [0.1, 0.15) is 16.3 Å². The van der Waals surface area contributed by atoms with Crippen LogP contribution in [0.5, 0.6) is 0 Å². The van der Waals surface area contributed by atoms with E-state index in [1.807, 2.05) is 18.3 Å². The third-order valence-electron chi connectivity index (χ3n) is 5.82. The predicted molar refractivity (Wildman–Crippen MR) is 119 cm³/mol. The van der Waals surface area contributed by atoms with Crippen LogP contribution < -0.4 is 10.6 Å². The van der Waals surface area contributed by atoms with Crippen LogP contribution in [0.4, 0.5) is 33.7 Å². The van der Waals surface area contributed by atoms with E-state index in [2.05, 4.69) is 25.3 Å². The quantitative estimate of drug-likeness (QED) is 0.394. The summed E-state index contributed by atoms with van der Waals surface area (Å²) >= 11 is 1.38. The number of pyridine rings is 1. The summed E-state index contributed by atoms with van der Waals surface area (Å²) in [6.45, 7) is 1.82. The lowest BCUT2D eigenvalue weighted by atomic mass is 10.1. The Hall–Kier alpha value is -2.67. The topological polar surface area (TPSA) is 95.9 Å². The van der Waals surface area contributed by atoms with Gasteiger partial charge in [-0.15, -0.1) is 11.3 Å². The predicted octanol–water partition coefficient (Wildman–Crippen LogP) is 4.95. The maximum atomic E-state index is 13.4. The minimum atomic E-state index is -5.69. The zero-order valence-corrected chi connectivity index (χ0v) is 19.2. The van der Waals surface area contributed by atoms with Gasteiger partial charge in [-0.25, -0.2) is 9.97 Å². The van der Waals surface area contributed by atoms with E-state index in [-0.39, 0.29) is 24.5 Å². The summed E-state index contributed by atoms with van der Waals surface area (Å²) < 4.78 is 65.5. The van der Waals surface area contributed by atoms with Gasteiger partial charge >= 0.3 is 12.1 Å². The molecule has 3 aromatic heterocycles. The highest BCUT2D eigenvalue weighted by Crippen LogP contribution is 2.39. The number of halogens is 5. The fourth-order valence-corrected chi connectivity index (χ4v) is 5.07. The molecule has 0 amide bonds. The van der Waals surface area contributed by atoms with Crippen molar-refractivity contribution in [1.82, 2.24) is 19.9 Å². The molecule has 1 aliphatic carbocycles. The molecular weight excluding hydrogens is 479 g/mol. The number of aryl methyl sites for hydroxylation is 2. The number of aromatic nitrogens is 4. The Bertz CT molecular complexity index is 1180. The molecule has 0 aliphatic heterocycles. The minimum Gasteiger partial charge on any atom is -0.396 e. The number of fused-ring (bicyclic) bond motifs is 1. The third kappa shape index (κ3) is 4.90. The summed E-state index contributed by atoms with van der Waals surface area (Å²) in [7, 11) is 0. The van der Waals surface area contributed by atoms with Crippen molar-refractivity contribution < 1.29 is 27.1 Å². The zero-order valence-electron chi connectivity index (χ0n) is 18.4. The lowest BCUT2D eigenvalue weighted by molar-refractivity contribution is -0.275. The molecule has 2 atom stereocenters. The van der Waals surface area contributed by atoms with Gasteiger partial charge in [0.15, 0.2) is 0 Å². The lowest BCUT2D eigenvalue weighted by Crippen LogP contribution is -2.42. The Morgan fingerprint density at radius 2 is 1.85 bits per heavy atom. The number of hydrogen-bond donors (Lipinski definition) is 3. The first kappa shape index (κ1) is 24.5. The zero-order chi connectivity index (χ0) is 24.7. The summed E-state index contributed by atoms with van der Waals surface area (Å²) in [5.74, 6) is -4.86. The van der Waals surface area contributed by atoms with Crippen molar-refractivity contribution in [3.8, 4) is 10.6 Å². The van der Waals surface area contributed by atoms with Crippen LogP contribution in [0.25, 0.3) is 20.8 Å². The van der Waals surface area contributed by atoms with Gasteiger partial charge in [0.25, 0.3) is 0 Å². The molecule has 7 nitrogen and oxygen atoms in total. The van der Waals surface area contributed by atoms with Gasteiger partial charge < -0.3 is 15.7 Å². The minimum absolute atomic E-state index is 0.0487. The highest BCUT2D eigenvalue weighted by Gasteiger charge is 2.57. The molecular formula is C21H23F5N6OS. The van der Waals surface area contributed by atoms with Crippen LogP contribution in [0.3, 0.4) is 0 Å². The van der Waals surface area contributed by atoms with Crippen molar-refractivity contribution in [1.29, 1.82) is 0 Å². The highest BCUT2D eigenvalue weighted by atomic mass is 32.1. The van der Waals surface area contributed by atoms with Crippen LogP contribution in [0.1, 0.15) is 30.7 Å². The molecule has 0 saturated heterocycles. The third-order valence-corrected chi connectivity index (χ3v) is 6.86. The van der Waals surface area contributed by atoms with Gasteiger partial charge in [-0.3, -0.25) is 4.98 Å². The average molecular weight is 503 g/mol. The van der Waals surface area contributed by atoms with Gasteiger partial charge in [-0.1, -0.05) is 0 Å². The van der Waals surface area contributed by atoms with Crippen molar-refractivity contribution in [2.75, 3.05) is 23.8 Å². The molecule has 2 unspecified atom stereocenters. The fourth-order valence-electron chi connectivity index (χ4n) is 3.96. The molecule has 3 aromatic rings. The van der Waals surface area contributed by atoms with E-state index < -0.39 is 18.6 Å². The van der Waals surface area contributed by atoms with Gasteiger partial charge in [-0.2, -0.15) is 26.9 Å². The fraction of sp³-hybridized carbons (Fsp3) is 0.524. The van der Waals surface area contributed by atoms with Crippen LogP contribution in [0, 0.1) is 19.8 Å². The number of aliphatic hydroxyl groups excluding tert-OH is 1. The Morgan fingerprint density at radius 1 is 1.09 bits per heavy atom. The molecule has 184 valence electrons. The molecule has 1 aliphatic rings. The summed E-state index contributed by atoms with van der Waals surface area (Å²) in [5, 5.41) is 15.3. The number of nitrogens with one attached hydrogen (secondary N) is 2. The number of aliphatic hydroxyl groups is 1. The molecule has 1 saturated carbocycles. The molecule has 34 heavy (non-hydrogen) atoms. The van der Waals surface area contributed by atoms with Crippen molar-refractivity contribution >= 4 is 33.3 Å². The number of nitrogens with zero attached hydrogens (tertiary/aromatic N) is 4. The molecule has 0 spiro atoms. The molecule has 3 heterocycles. The maximum absolute atomic E-state index is 13.4. The first-order chi connectivity index (χ1) is 16.0. The SMILES string of the molecule is Cc1nc(NCC(F)(F)C(F)(F)F)nc(NC2CCC(CO)C2)c1-c1nc2c(C)nccc2s1. The molecule has 1 fully saturated rings. The van der Waals surface area contributed by atoms with E-state index >= 15 is 0 Å². The van der Waals surface area contributed by atoms with Gasteiger partial charge in [0, 0.05) is 18.8 Å². The summed E-state index contributed by atoms with van der Waals surface area (Å²) in [5.41, 5.74) is 2.36. The van der Waals surface area contributed by atoms with Crippen molar-refractivity contribution in [3.05, 3.63) is 23.7 Å². The van der Waals surface area contributed by atoms with E-state index in [0.717, 1.165) is 23.2 Å². The highest BCUT2D eigenvalue weighted by molar-refractivity contribution is 7.21. The largest absolute Gasteiger partial charge is 0.455 e. The second-order valence-electron chi connectivity index (χ2n) is 8.38. The normalized spacial score (nSPS) is 19.1. The number of rotatable bonds is 7. The van der Waals surface area contributed by atoms with E-state index in [9.17, 15) is 27.1 Å². The number of alkyl halides is 5. The molecule has 3 N–H and O–H groups in total. The second-order valence-corrected chi connectivity index (χ2v) is 9.41. The van der Waals surface area contributed by atoms with Crippen LogP contribution in [-0.4, -0.2) is 56.3 Å². The van der Waals surface area contributed by atoms with Crippen molar-refractivity contribution in [3.63, 3.8) is 0 Å². The summed E-state index contributed by atoms with van der Waals surface area (Å²) in [6, 6.07) is 1.78. The first-order valence-corrected chi connectivity index (χ1v) is 11.5. The van der Waals surface area contributed by atoms with E-state index in [1.54, 1.807) is 13.1 Å². The summed E-state index contributed by atoms with van der Waals surface area (Å²) in [6.07, 6.45) is -1.78. The Morgan fingerprint density at radius 3 is 2.50 bits per heavy atom. The number of anilines is 2. The van der Waals surface area contributed by atoms with E-state index in [0.29, 0.717) is 34.0 Å². The average Bonchev–Trinajstić information content (AvgIpc) is 3.39. The Kier molecular flexibility index (Phi) is 6.60. The molecule has 13 heteroatoms. The van der Waals surface area contributed by atoms with E-state index in [1.165, 1.54) is 11.3 Å². The summed E-state index contributed by atoms with van der Waals surface area (Å²) in [4.78, 5) is 17.3. The smallest absolute Gasteiger partial charge is 0.396 e. The Balaban J connectivity index is 1.71. The van der Waals surface area contributed by atoms with Gasteiger partial charge in [-0.05, 0) is 45.1 Å². The molecule has 0 aromatic carbocycles. The second kappa shape index (κ2) is 9.17. The first-order valence-electron chi connectivity index (χ1n) is 10.7. The number of thiazole rings is 1. The van der Waals surface area contributed by atoms with Gasteiger partial charge in [0.2, 0.25) is 5.95 Å². The van der Waals surface area contributed by atoms with Gasteiger partial charge in [0.05, 0.1) is 28.2 Å². The maximum Gasteiger partial charge on any atom is 0.455 e. The van der Waals surface area contributed by atoms with Crippen molar-refractivity contribution in [2.45, 2.75) is 51.3 Å². The van der Waals surface area contributed by atoms with Crippen LogP contribution >= 0.6 is 11.3 Å². The number of hydrogen-bond acceptors (Lipinski definition) is 8. The molecule has 0 bridgehead atoms. The lowest BCUT2D eigenvalue weighted by Gasteiger charge is -2.21. The Labute approximate surface area is 195 Å². The van der Waals surface area contributed by atoms with Crippen LogP contribution in [-0.2, 0) is 0 Å².